The van der Waals surface area contributed by atoms with E-state index in [9.17, 15) is 0 Å². The molecule has 4 heteroatoms. The largest absolute Gasteiger partial charge is 0.325 e. The van der Waals surface area contributed by atoms with Crippen LogP contribution in [0.3, 0.4) is 0 Å². The second-order valence-electron chi connectivity index (χ2n) is 1.49. The summed E-state index contributed by atoms with van der Waals surface area (Å²) in [6.07, 6.45) is 1.81. The smallest absolute Gasteiger partial charge is 0.0202 e. The van der Waals surface area contributed by atoms with Crippen molar-refractivity contribution >= 4 is 12.6 Å². The van der Waals surface area contributed by atoms with Gasteiger partial charge in [-0.1, -0.05) is 6.08 Å². The summed E-state index contributed by atoms with van der Waals surface area (Å²) in [5.41, 5.74) is 7.52. The van der Waals surface area contributed by atoms with Crippen LogP contribution >= 0.6 is 12.6 Å². The molecule has 1 unspecified atom stereocenters. The fourth-order valence-corrected chi connectivity index (χ4v) is 0.407. The van der Waals surface area contributed by atoms with E-state index < -0.39 is 0 Å². The van der Waals surface area contributed by atoms with Gasteiger partial charge in [0.1, 0.15) is 0 Å². The van der Waals surface area contributed by atoms with Crippen LogP contribution in [-0.4, -0.2) is 13.1 Å². The summed E-state index contributed by atoms with van der Waals surface area (Å²) in [4.78, 5) is 0. The molecular weight excluding hydrogens is 134 g/mol. The first kappa shape index (κ1) is 11.7. The van der Waals surface area contributed by atoms with Crippen LogP contribution in [0.4, 0.5) is 0 Å². The van der Waals surface area contributed by atoms with E-state index in [4.69, 9.17) is 5.73 Å². The van der Waals surface area contributed by atoms with Gasteiger partial charge in [-0.15, -0.1) is 0 Å². The van der Waals surface area contributed by atoms with Crippen molar-refractivity contribution in [1.29, 1.82) is 0 Å². The topological polar surface area (TPSA) is 64.1 Å². The molecule has 3 nitrogen and oxygen atoms in total. The van der Waals surface area contributed by atoms with Gasteiger partial charge in [0.25, 0.3) is 0 Å². The second-order valence-corrected chi connectivity index (χ2v) is 1.79. The maximum Gasteiger partial charge on any atom is 0.0202 e. The van der Waals surface area contributed by atoms with E-state index in [0.717, 1.165) is 0 Å². The zero-order valence-electron chi connectivity index (χ0n) is 5.83. The van der Waals surface area contributed by atoms with Crippen molar-refractivity contribution in [3.05, 3.63) is 11.5 Å². The van der Waals surface area contributed by atoms with Gasteiger partial charge in [-0.2, -0.15) is 12.6 Å². The first-order valence-corrected chi connectivity index (χ1v) is 3.14. The van der Waals surface area contributed by atoms with Crippen molar-refractivity contribution in [3.63, 3.8) is 0 Å². The molecule has 0 radical (unpaired) electrons. The highest BCUT2D eigenvalue weighted by Gasteiger charge is 1.76. The van der Waals surface area contributed by atoms with E-state index in [1.54, 1.807) is 12.5 Å². The number of hydrazine groups is 1. The van der Waals surface area contributed by atoms with Gasteiger partial charge in [-0.25, -0.2) is 0 Å². The van der Waals surface area contributed by atoms with Crippen molar-refractivity contribution in [2.24, 2.45) is 11.6 Å². The first-order valence-electron chi connectivity index (χ1n) is 2.62. The lowest BCUT2D eigenvalue weighted by Crippen LogP contribution is -2.13. The molecule has 0 fully saturated rings. The molecule has 0 aliphatic carbocycles. The molecule has 0 saturated carbocycles. The molecule has 0 aromatic rings. The highest BCUT2D eigenvalue weighted by molar-refractivity contribution is 7.83. The third kappa shape index (κ3) is 32.2. The van der Waals surface area contributed by atoms with E-state index in [0.29, 0.717) is 0 Å². The zero-order valence-corrected chi connectivity index (χ0v) is 6.73. The van der Waals surface area contributed by atoms with Crippen molar-refractivity contribution in [1.82, 2.24) is 5.43 Å². The molecule has 0 heterocycles. The Hall–Kier alpha value is -0.0300. The Morgan fingerprint density at radius 2 is 2.00 bits per heavy atom. The van der Waals surface area contributed by atoms with Gasteiger partial charge < -0.3 is 5.73 Å². The summed E-state index contributed by atoms with van der Waals surface area (Å²) in [5, 5.41) is 1.64. The standard InChI is InChI=1S/C4H9NS.CH6N2/c1-4(5)2-3-6;1-3-2/h2-4,6H,5H2,1H3;3H,2H2,1H3/b3-2+;. The Kier molecular flexibility index (Phi) is 14.2. The van der Waals surface area contributed by atoms with E-state index in [-0.39, 0.29) is 6.04 Å². The summed E-state index contributed by atoms with van der Waals surface area (Å²) in [5.74, 6) is 4.60. The van der Waals surface area contributed by atoms with Crippen LogP contribution in [0.2, 0.25) is 0 Å². The number of thiol groups is 1. The van der Waals surface area contributed by atoms with E-state index in [1.807, 2.05) is 13.0 Å². The lowest BCUT2D eigenvalue weighted by molar-refractivity contribution is 0.900. The van der Waals surface area contributed by atoms with Crippen LogP contribution in [0, 0.1) is 0 Å². The van der Waals surface area contributed by atoms with E-state index in [2.05, 4.69) is 23.9 Å². The van der Waals surface area contributed by atoms with Gasteiger partial charge in [0.2, 0.25) is 0 Å². The molecule has 0 saturated heterocycles. The molecule has 56 valence electrons. The average molecular weight is 149 g/mol. The van der Waals surface area contributed by atoms with Gasteiger partial charge in [0, 0.05) is 6.04 Å². The summed E-state index contributed by atoms with van der Waals surface area (Å²) < 4.78 is 0. The predicted octanol–water partition coefficient (Wildman–Crippen LogP) is -0.143. The Balaban J connectivity index is 0. The molecule has 0 aliphatic rings. The quantitative estimate of drug-likeness (QED) is 0.238. The van der Waals surface area contributed by atoms with Crippen molar-refractivity contribution < 1.29 is 0 Å². The minimum atomic E-state index is 0.141. The Morgan fingerprint density at radius 1 is 1.67 bits per heavy atom. The minimum absolute atomic E-state index is 0.141. The molecule has 0 aromatic heterocycles. The molecule has 0 spiro atoms. The van der Waals surface area contributed by atoms with Gasteiger partial charge >= 0.3 is 0 Å². The molecule has 1 atom stereocenters. The lowest BCUT2D eigenvalue weighted by atomic mass is 10.4. The first-order chi connectivity index (χ1) is 4.18. The average Bonchev–Trinajstić information content (AvgIpc) is 1.67. The van der Waals surface area contributed by atoms with E-state index in [1.165, 1.54) is 0 Å². The molecule has 5 N–H and O–H groups in total. The van der Waals surface area contributed by atoms with Crippen LogP contribution in [-0.2, 0) is 0 Å². The highest BCUT2D eigenvalue weighted by Crippen LogP contribution is 1.79. The zero-order chi connectivity index (χ0) is 7.70. The van der Waals surface area contributed by atoms with Gasteiger partial charge in [-0.05, 0) is 19.4 Å². The third-order valence-corrected chi connectivity index (χ3v) is 0.562. The normalized spacial score (nSPS) is 12.6. The van der Waals surface area contributed by atoms with Crippen molar-refractivity contribution in [2.75, 3.05) is 7.05 Å². The molecule has 0 aliphatic heterocycles. The molecule has 0 aromatic carbocycles. The number of rotatable bonds is 1. The maximum atomic E-state index is 5.27. The maximum absolute atomic E-state index is 5.27. The third-order valence-electron chi connectivity index (χ3n) is 0.390. The highest BCUT2D eigenvalue weighted by atomic mass is 32.1. The van der Waals surface area contributed by atoms with Crippen LogP contribution in [0.1, 0.15) is 6.92 Å². The SMILES string of the molecule is CC(N)/C=C/S.CNN. The van der Waals surface area contributed by atoms with Gasteiger partial charge in [0.05, 0.1) is 0 Å². The summed E-state index contributed by atoms with van der Waals surface area (Å²) >= 11 is 3.80. The lowest BCUT2D eigenvalue weighted by Gasteiger charge is -1.88. The summed E-state index contributed by atoms with van der Waals surface area (Å²) in [6, 6.07) is 0.141. The fourth-order valence-electron chi connectivity index (χ4n) is 0.136. The Labute approximate surface area is 61.9 Å². The minimum Gasteiger partial charge on any atom is -0.325 e. The molecule has 9 heavy (non-hydrogen) atoms. The van der Waals surface area contributed by atoms with E-state index >= 15 is 0 Å². The number of nitrogens with two attached hydrogens (primary N) is 2. The molecule has 0 rings (SSSR count). The van der Waals surface area contributed by atoms with Crippen LogP contribution in [0.5, 0.6) is 0 Å². The number of hydrogen-bond donors (Lipinski definition) is 4. The van der Waals surface area contributed by atoms with Crippen LogP contribution in [0.15, 0.2) is 11.5 Å². The molecule has 0 bridgehead atoms. The van der Waals surface area contributed by atoms with Crippen molar-refractivity contribution in [3.8, 4) is 0 Å². The molecular formula is C5H15N3S. The Morgan fingerprint density at radius 3 is 2.00 bits per heavy atom. The summed E-state index contributed by atoms with van der Waals surface area (Å²) in [6.45, 7) is 1.90. The fraction of sp³-hybridized carbons (Fsp3) is 0.600. The van der Waals surface area contributed by atoms with Gasteiger partial charge in [-0.3, -0.25) is 11.3 Å². The predicted molar refractivity (Wildman–Crippen MR) is 45.0 cm³/mol. The van der Waals surface area contributed by atoms with Gasteiger partial charge in [0.15, 0.2) is 0 Å². The Bertz CT molecular complexity index is 63.2. The van der Waals surface area contributed by atoms with Crippen LogP contribution in [0.25, 0.3) is 0 Å². The van der Waals surface area contributed by atoms with Crippen LogP contribution < -0.4 is 17.0 Å². The second kappa shape index (κ2) is 10.9. The monoisotopic (exact) mass is 149 g/mol. The molecule has 0 amide bonds. The number of nitrogens with one attached hydrogen (secondary N) is 1. The summed E-state index contributed by atoms with van der Waals surface area (Å²) in [7, 11) is 1.65. The number of hydrogen-bond acceptors (Lipinski definition) is 4. The van der Waals surface area contributed by atoms with Crippen molar-refractivity contribution in [2.45, 2.75) is 13.0 Å².